The first-order chi connectivity index (χ1) is 3.43. The Balaban J connectivity index is 1.93. The van der Waals surface area contributed by atoms with Crippen LogP contribution in [0, 0.1) is 12.5 Å². The molecule has 0 saturated heterocycles. The summed E-state index contributed by atoms with van der Waals surface area (Å²) < 4.78 is 0. The Morgan fingerprint density at radius 3 is 2.43 bits per heavy atom. The van der Waals surface area contributed by atoms with E-state index in [1.54, 1.807) is 6.54 Å². The van der Waals surface area contributed by atoms with Crippen molar-refractivity contribution in [3.05, 3.63) is 6.54 Å². The largest absolute Gasteiger partial charge is 0.326 e. The van der Waals surface area contributed by atoms with Gasteiger partial charge in [-0.1, -0.05) is 19.3 Å². The fourth-order valence-corrected chi connectivity index (χ4v) is 0.921. The first kappa shape index (κ1) is 5.10. The van der Waals surface area contributed by atoms with Crippen molar-refractivity contribution in [3.63, 3.8) is 0 Å². The fourth-order valence-electron chi connectivity index (χ4n) is 0.921. The highest BCUT2D eigenvalue weighted by Crippen LogP contribution is 2.29. The molecule has 0 aromatic rings. The van der Waals surface area contributed by atoms with Gasteiger partial charge < -0.3 is 5.73 Å². The molecule has 1 aliphatic carbocycles. The molecule has 0 atom stereocenters. The summed E-state index contributed by atoms with van der Waals surface area (Å²) >= 11 is 0. The molecule has 1 aliphatic rings. The summed E-state index contributed by atoms with van der Waals surface area (Å²) in [6.45, 7) is 1.78. The molecule has 1 fully saturated rings. The van der Waals surface area contributed by atoms with Gasteiger partial charge in [-0.3, -0.25) is 0 Å². The lowest BCUT2D eigenvalue weighted by Gasteiger charge is -2.23. The third kappa shape index (κ3) is 1.16. The molecule has 1 saturated carbocycles. The summed E-state index contributed by atoms with van der Waals surface area (Å²) in [4.78, 5) is 0. The summed E-state index contributed by atoms with van der Waals surface area (Å²) in [6, 6.07) is 0. The minimum absolute atomic E-state index is 0.949. The number of hydrogen-bond donors (Lipinski definition) is 1. The molecule has 1 radical (unpaired) electrons. The summed E-state index contributed by atoms with van der Waals surface area (Å²) in [6.07, 6.45) is 5.39. The topological polar surface area (TPSA) is 26.0 Å². The molecule has 41 valence electrons. The van der Waals surface area contributed by atoms with Crippen LogP contribution in [0.2, 0.25) is 0 Å². The van der Waals surface area contributed by atoms with Crippen molar-refractivity contribution in [2.45, 2.75) is 25.7 Å². The first-order valence-corrected chi connectivity index (χ1v) is 2.97. The van der Waals surface area contributed by atoms with Crippen molar-refractivity contribution in [2.75, 3.05) is 0 Å². The third-order valence-corrected chi connectivity index (χ3v) is 1.69. The average Bonchev–Trinajstić information content (AvgIpc) is 1.55. The molecule has 2 N–H and O–H groups in total. The number of hydrogen-bond acceptors (Lipinski definition) is 1. The normalized spacial score (nSPS) is 21.9. The molecule has 0 heterocycles. The van der Waals surface area contributed by atoms with E-state index in [9.17, 15) is 0 Å². The maximum atomic E-state index is 5.21. The third-order valence-electron chi connectivity index (χ3n) is 1.69. The number of rotatable bonds is 2. The zero-order valence-corrected chi connectivity index (χ0v) is 4.56. The van der Waals surface area contributed by atoms with E-state index in [0.717, 1.165) is 12.3 Å². The van der Waals surface area contributed by atoms with E-state index in [4.69, 9.17) is 5.73 Å². The fraction of sp³-hybridized carbons (Fsp3) is 0.833. The van der Waals surface area contributed by atoms with E-state index in [-0.39, 0.29) is 0 Å². The Labute approximate surface area is 44.9 Å². The Morgan fingerprint density at radius 2 is 2.29 bits per heavy atom. The molecule has 0 aliphatic heterocycles. The quantitative estimate of drug-likeness (QED) is 0.553. The zero-order chi connectivity index (χ0) is 5.11. The monoisotopic (exact) mass is 98.1 g/mol. The van der Waals surface area contributed by atoms with Gasteiger partial charge in [-0.2, -0.15) is 0 Å². The lowest BCUT2D eigenvalue weighted by molar-refractivity contribution is 0.311. The van der Waals surface area contributed by atoms with E-state index in [1.165, 1.54) is 19.3 Å². The standard InChI is InChI=1S/C6H12N/c7-5-4-6-2-1-3-6/h5-6H,1-4,7H2. The van der Waals surface area contributed by atoms with Gasteiger partial charge in [-0.15, -0.1) is 0 Å². The maximum absolute atomic E-state index is 5.21. The van der Waals surface area contributed by atoms with Crippen LogP contribution in [0.3, 0.4) is 0 Å². The Morgan fingerprint density at radius 1 is 1.57 bits per heavy atom. The second-order valence-electron chi connectivity index (χ2n) is 2.27. The predicted molar refractivity (Wildman–Crippen MR) is 30.4 cm³/mol. The summed E-state index contributed by atoms with van der Waals surface area (Å²) in [5.74, 6) is 0.949. The Hall–Kier alpha value is -0.0400. The number of nitrogens with two attached hydrogens (primary N) is 1. The van der Waals surface area contributed by atoms with Crippen LogP contribution in [0.5, 0.6) is 0 Å². The molecule has 0 bridgehead atoms. The molecule has 0 amide bonds. The van der Waals surface area contributed by atoms with Gasteiger partial charge in [0.15, 0.2) is 0 Å². The van der Waals surface area contributed by atoms with Gasteiger partial charge in [0.05, 0.1) is 0 Å². The minimum atomic E-state index is 0.949. The molecule has 1 nitrogen and oxygen atoms in total. The van der Waals surface area contributed by atoms with E-state index in [0.29, 0.717) is 0 Å². The Kier molecular flexibility index (Phi) is 1.69. The minimum Gasteiger partial charge on any atom is -0.326 e. The van der Waals surface area contributed by atoms with Crippen molar-refractivity contribution in [1.82, 2.24) is 0 Å². The molecule has 1 rings (SSSR count). The SMILES string of the molecule is N[CH]CC1CCC1. The van der Waals surface area contributed by atoms with Crippen LogP contribution in [0.1, 0.15) is 25.7 Å². The van der Waals surface area contributed by atoms with Gasteiger partial charge in [0.1, 0.15) is 0 Å². The van der Waals surface area contributed by atoms with Gasteiger partial charge in [0, 0.05) is 6.54 Å². The van der Waals surface area contributed by atoms with E-state index in [2.05, 4.69) is 0 Å². The van der Waals surface area contributed by atoms with Gasteiger partial charge in [-0.05, 0) is 12.3 Å². The van der Waals surface area contributed by atoms with E-state index < -0.39 is 0 Å². The highest BCUT2D eigenvalue weighted by molar-refractivity contribution is 4.73. The second kappa shape index (κ2) is 2.31. The van der Waals surface area contributed by atoms with Crippen LogP contribution in [-0.2, 0) is 0 Å². The highest BCUT2D eigenvalue weighted by atomic mass is 14.5. The van der Waals surface area contributed by atoms with Crippen LogP contribution in [0.25, 0.3) is 0 Å². The van der Waals surface area contributed by atoms with Crippen LogP contribution in [-0.4, -0.2) is 0 Å². The van der Waals surface area contributed by atoms with Gasteiger partial charge in [-0.25, -0.2) is 0 Å². The first-order valence-electron chi connectivity index (χ1n) is 2.97. The summed E-state index contributed by atoms with van der Waals surface area (Å²) in [5.41, 5.74) is 5.21. The molecule has 0 unspecified atom stereocenters. The Bertz CT molecular complexity index is 48.1. The second-order valence-corrected chi connectivity index (χ2v) is 2.27. The summed E-state index contributed by atoms with van der Waals surface area (Å²) in [7, 11) is 0. The van der Waals surface area contributed by atoms with Gasteiger partial charge in [0.2, 0.25) is 0 Å². The van der Waals surface area contributed by atoms with Crippen molar-refractivity contribution >= 4 is 0 Å². The van der Waals surface area contributed by atoms with Crippen molar-refractivity contribution in [1.29, 1.82) is 0 Å². The maximum Gasteiger partial charge on any atom is 0.0195 e. The van der Waals surface area contributed by atoms with Crippen molar-refractivity contribution < 1.29 is 0 Å². The molecule has 1 heteroatoms. The summed E-state index contributed by atoms with van der Waals surface area (Å²) in [5, 5.41) is 0. The van der Waals surface area contributed by atoms with Crippen LogP contribution < -0.4 is 5.73 Å². The average molecular weight is 98.2 g/mol. The molecular weight excluding hydrogens is 86.1 g/mol. The predicted octanol–water partition coefficient (Wildman–Crippen LogP) is 1.30. The zero-order valence-electron chi connectivity index (χ0n) is 4.56. The lowest BCUT2D eigenvalue weighted by atomic mass is 9.83. The molecule has 0 aromatic carbocycles. The smallest absolute Gasteiger partial charge is 0.0195 e. The van der Waals surface area contributed by atoms with Crippen LogP contribution in [0.4, 0.5) is 0 Å². The van der Waals surface area contributed by atoms with Crippen molar-refractivity contribution in [3.8, 4) is 0 Å². The molecular formula is C6H12N. The highest BCUT2D eigenvalue weighted by Gasteiger charge is 2.15. The van der Waals surface area contributed by atoms with E-state index >= 15 is 0 Å². The van der Waals surface area contributed by atoms with Gasteiger partial charge >= 0.3 is 0 Å². The molecule has 0 aromatic heterocycles. The van der Waals surface area contributed by atoms with Crippen LogP contribution >= 0.6 is 0 Å². The van der Waals surface area contributed by atoms with Crippen molar-refractivity contribution in [2.24, 2.45) is 11.7 Å². The van der Waals surface area contributed by atoms with E-state index in [1.807, 2.05) is 0 Å². The van der Waals surface area contributed by atoms with Crippen LogP contribution in [0.15, 0.2) is 0 Å². The van der Waals surface area contributed by atoms with Gasteiger partial charge in [0.25, 0.3) is 0 Å². The lowest BCUT2D eigenvalue weighted by Crippen LogP contribution is -2.12. The molecule has 0 spiro atoms. The molecule has 7 heavy (non-hydrogen) atoms.